The Bertz CT molecular complexity index is 842. The maximum atomic E-state index is 11.7. The zero-order valence-electron chi connectivity index (χ0n) is 19.8. The summed E-state index contributed by atoms with van der Waals surface area (Å²) < 4.78 is 15.3. The van der Waals surface area contributed by atoms with E-state index in [0.717, 1.165) is 31.3 Å². The molecule has 0 fully saturated rings. The van der Waals surface area contributed by atoms with E-state index in [0.29, 0.717) is 29.9 Å². The van der Waals surface area contributed by atoms with Crippen molar-refractivity contribution in [3.05, 3.63) is 58.4 Å². The van der Waals surface area contributed by atoms with Gasteiger partial charge in [0.2, 0.25) is 6.29 Å². The standard InChI is InChI=1S/C26H36O6/c1-17(11-7-13-19(3)15-22-24(27)20(4)25(28)31-22)9-6-10-18(2)12-8-14-21-16-23(30-5)32-26(21)29/h6,9-10,13,16-17,22-23,27H,7-8,11-12,14-15H2,1-5H3/b9-6+,18-10+,19-13-/t17-,22-,23?/m1/s1. The largest absolute Gasteiger partial charge is 0.508 e. The second-order valence-corrected chi connectivity index (χ2v) is 8.67. The molecule has 1 N–H and O–H groups in total. The predicted molar refractivity (Wildman–Crippen MR) is 124 cm³/mol. The van der Waals surface area contributed by atoms with E-state index < -0.39 is 18.4 Å². The van der Waals surface area contributed by atoms with Crippen LogP contribution in [-0.2, 0) is 23.8 Å². The van der Waals surface area contributed by atoms with Crippen LogP contribution in [0.5, 0.6) is 0 Å². The van der Waals surface area contributed by atoms with Gasteiger partial charge < -0.3 is 19.3 Å². The highest BCUT2D eigenvalue weighted by atomic mass is 16.7. The van der Waals surface area contributed by atoms with Gasteiger partial charge in [0, 0.05) is 19.1 Å². The van der Waals surface area contributed by atoms with E-state index >= 15 is 0 Å². The van der Waals surface area contributed by atoms with Crippen LogP contribution in [0.25, 0.3) is 0 Å². The number of cyclic esters (lactones) is 2. The Morgan fingerprint density at radius 2 is 1.97 bits per heavy atom. The number of esters is 2. The van der Waals surface area contributed by atoms with Crippen molar-refractivity contribution in [1.29, 1.82) is 0 Å². The Balaban J connectivity index is 1.66. The van der Waals surface area contributed by atoms with Crippen molar-refractivity contribution < 1.29 is 28.9 Å². The Morgan fingerprint density at radius 1 is 1.22 bits per heavy atom. The summed E-state index contributed by atoms with van der Waals surface area (Å²) in [7, 11) is 1.52. The molecule has 2 rings (SSSR count). The molecule has 3 atom stereocenters. The fourth-order valence-corrected chi connectivity index (χ4v) is 3.62. The zero-order chi connectivity index (χ0) is 23.7. The quantitative estimate of drug-likeness (QED) is 0.239. The van der Waals surface area contributed by atoms with Gasteiger partial charge in [-0.3, -0.25) is 0 Å². The van der Waals surface area contributed by atoms with Gasteiger partial charge in [0.05, 0.1) is 5.57 Å². The van der Waals surface area contributed by atoms with Gasteiger partial charge in [0.15, 0.2) is 6.10 Å². The van der Waals surface area contributed by atoms with Gasteiger partial charge in [-0.15, -0.1) is 0 Å². The number of allylic oxidation sites excluding steroid dienone is 5. The van der Waals surface area contributed by atoms with Crippen molar-refractivity contribution in [2.45, 2.75) is 78.6 Å². The molecule has 2 aliphatic heterocycles. The minimum Gasteiger partial charge on any atom is -0.508 e. The van der Waals surface area contributed by atoms with E-state index in [2.05, 4.69) is 38.2 Å². The molecule has 0 aromatic carbocycles. The first-order chi connectivity index (χ1) is 15.2. The van der Waals surface area contributed by atoms with Crippen LogP contribution >= 0.6 is 0 Å². The van der Waals surface area contributed by atoms with Gasteiger partial charge in [-0.1, -0.05) is 42.4 Å². The number of hydrogen-bond acceptors (Lipinski definition) is 6. The van der Waals surface area contributed by atoms with Gasteiger partial charge in [-0.2, -0.15) is 0 Å². The molecule has 0 saturated carbocycles. The maximum Gasteiger partial charge on any atom is 0.338 e. The van der Waals surface area contributed by atoms with E-state index in [1.165, 1.54) is 12.7 Å². The molecule has 2 aliphatic rings. The van der Waals surface area contributed by atoms with Crippen molar-refractivity contribution in [3.63, 3.8) is 0 Å². The van der Waals surface area contributed by atoms with Crippen molar-refractivity contribution in [1.82, 2.24) is 0 Å². The molecule has 1 unspecified atom stereocenters. The van der Waals surface area contributed by atoms with Crippen LogP contribution in [0.15, 0.2) is 58.4 Å². The number of aliphatic hydroxyl groups is 1. The van der Waals surface area contributed by atoms with Crippen molar-refractivity contribution in [3.8, 4) is 0 Å². The molecule has 6 heteroatoms. The highest BCUT2D eigenvalue weighted by molar-refractivity contribution is 5.91. The summed E-state index contributed by atoms with van der Waals surface area (Å²) in [5, 5.41) is 9.94. The highest BCUT2D eigenvalue weighted by Crippen LogP contribution is 2.25. The summed E-state index contributed by atoms with van der Waals surface area (Å²) in [5.41, 5.74) is 3.38. The molecule has 2 heterocycles. The van der Waals surface area contributed by atoms with Gasteiger partial charge in [-0.05, 0) is 64.9 Å². The second-order valence-electron chi connectivity index (χ2n) is 8.67. The molecule has 0 aliphatic carbocycles. The van der Waals surface area contributed by atoms with Crippen molar-refractivity contribution >= 4 is 11.9 Å². The number of carbonyl (C=O) groups is 2. The SMILES string of the molecule is COC1C=C(CCC/C(C)=C/C=C/[C@@H](C)CC/C=C(/C)C[C@H]2OC(=O)C(C)=C2O)C(=O)O1. The van der Waals surface area contributed by atoms with Gasteiger partial charge >= 0.3 is 11.9 Å². The lowest BCUT2D eigenvalue weighted by molar-refractivity contribution is -0.155. The topological polar surface area (TPSA) is 82.1 Å². The highest BCUT2D eigenvalue weighted by Gasteiger charge is 2.31. The Kier molecular flexibility index (Phi) is 9.97. The lowest BCUT2D eigenvalue weighted by Crippen LogP contribution is -2.12. The predicted octanol–water partition coefficient (Wildman–Crippen LogP) is 5.63. The van der Waals surface area contributed by atoms with Crippen molar-refractivity contribution in [2.75, 3.05) is 7.11 Å². The van der Waals surface area contributed by atoms with Gasteiger partial charge in [0.25, 0.3) is 0 Å². The molecular formula is C26H36O6. The molecule has 0 amide bonds. The number of hydrogen-bond donors (Lipinski definition) is 1. The summed E-state index contributed by atoms with van der Waals surface area (Å²) in [6, 6.07) is 0. The van der Waals surface area contributed by atoms with Crippen molar-refractivity contribution in [2.24, 2.45) is 5.92 Å². The zero-order valence-corrected chi connectivity index (χ0v) is 19.8. The molecule has 0 spiro atoms. The number of rotatable bonds is 12. The Hall–Kier alpha value is -2.60. The average molecular weight is 445 g/mol. The van der Waals surface area contributed by atoms with Crippen LogP contribution < -0.4 is 0 Å². The average Bonchev–Trinajstić information content (AvgIpc) is 3.22. The second kappa shape index (κ2) is 12.4. The van der Waals surface area contributed by atoms with E-state index in [4.69, 9.17) is 14.2 Å². The third-order valence-electron chi connectivity index (χ3n) is 5.76. The normalized spacial score (nSPS) is 23.1. The summed E-state index contributed by atoms with van der Waals surface area (Å²) in [6.07, 6.45) is 14.2. The lowest BCUT2D eigenvalue weighted by atomic mass is 10.0. The number of ether oxygens (including phenoxy) is 3. The van der Waals surface area contributed by atoms with Crippen LogP contribution in [0.2, 0.25) is 0 Å². The van der Waals surface area contributed by atoms with Crippen LogP contribution in [0.1, 0.15) is 66.2 Å². The molecule has 0 aromatic rings. The fourth-order valence-electron chi connectivity index (χ4n) is 3.62. The summed E-state index contributed by atoms with van der Waals surface area (Å²) in [4.78, 5) is 23.2. The lowest BCUT2D eigenvalue weighted by Gasteiger charge is -2.11. The smallest absolute Gasteiger partial charge is 0.338 e. The molecule has 0 radical (unpaired) electrons. The van der Waals surface area contributed by atoms with Crippen LogP contribution in [0, 0.1) is 5.92 Å². The number of aliphatic hydroxyl groups excluding tert-OH is 1. The third-order valence-corrected chi connectivity index (χ3v) is 5.76. The summed E-state index contributed by atoms with van der Waals surface area (Å²) in [5.74, 6) is -0.211. The fraction of sp³-hybridized carbons (Fsp3) is 0.538. The molecule has 0 aromatic heterocycles. The van der Waals surface area contributed by atoms with E-state index in [-0.39, 0.29) is 11.7 Å². The number of carbonyl (C=O) groups excluding carboxylic acids is 2. The molecule has 176 valence electrons. The van der Waals surface area contributed by atoms with Gasteiger partial charge in [-0.25, -0.2) is 9.59 Å². The summed E-state index contributed by atoms with van der Waals surface area (Å²) >= 11 is 0. The first-order valence-electron chi connectivity index (χ1n) is 11.3. The molecular weight excluding hydrogens is 408 g/mol. The first kappa shape index (κ1) is 25.7. The first-order valence-corrected chi connectivity index (χ1v) is 11.3. The monoisotopic (exact) mass is 444 g/mol. The minimum absolute atomic E-state index is 0.0558. The molecule has 0 saturated heterocycles. The minimum atomic E-state index is -0.541. The molecule has 32 heavy (non-hydrogen) atoms. The Morgan fingerprint density at radius 3 is 2.59 bits per heavy atom. The third kappa shape index (κ3) is 7.83. The van der Waals surface area contributed by atoms with Crippen LogP contribution in [-0.4, -0.2) is 36.5 Å². The van der Waals surface area contributed by atoms with Crippen LogP contribution in [0.3, 0.4) is 0 Å². The molecule has 6 nitrogen and oxygen atoms in total. The maximum absolute atomic E-state index is 11.7. The van der Waals surface area contributed by atoms with E-state index in [1.54, 1.807) is 13.0 Å². The summed E-state index contributed by atoms with van der Waals surface area (Å²) in [6.45, 7) is 7.87. The van der Waals surface area contributed by atoms with E-state index in [9.17, 15) is 14.7 Å². The van der Waals surface area contributed by atoms with Crippen LogP contribution in [0.4, 0.5) is 0 Å². The van der Waals surface area contributed by atoms with Gasteiger partial charge in [0.1, 0.15) is 5.76 Å². The molecule has 0 bridgehead atoms. The number of methoxy groups -OCH3 is 1. The van der Waals surface area contributed by atoms with E-state index in [1.807, 2.05) is 6.92 Å². The Labute approximate surface area is 191 Å².